The van der Waals surface area contributed by atoms with E-state index in [0.717, 1.165) is 4.73 Å². The fourth-order valence-corrected chi connectivity index (χ4v) is 3.85. The van der Waals surface area contributed by atoms with E-state index in [1.807, 2.05) is 0 Å². The first kappa shape index (κ1) is 18.9. The molecule has 1 aromatic heterocycles. The Balaban J connectivity index is 1.49. The summed E-state index contributed by atoms with van der Waals surface area (Å²) >= 11 is 7.31. The molecule has 138 valence electrons. The highest BCUT2D eigenvalue weighted by atomic mass is 35.5. The Morgan fingerprint density at radius 3 is 2.65 bits per heavy atom. The van der Waals surface area contributed by atoms with Crippen LogP contribution in [0.15, 0.2) is 47.6 Å². The van der Waals surface area contributed by atoms with Gasteiger partial charge in [-0.25, -0.2) is 4.39 Å². The van der Waals surface area contributed by atoms with Crippen molar-refractivity contribution in [1.82, 2.24) is 9.80 Å². The fraction of sp³-hybridized carbons (Fsp3) is 0.333. The summed E-state index contributed by atoms with van der Waals surface area (Å²) in [5, 5.41) is 12.5. The zero-order valence-corrected chi connectivity index (χ0v) is 15.7. The van der Waals surface area contributed by atoms with Crippen LogP contribution in [-0.2, 0) is 11.3 Å². The van der Waals surface area contributed by atoms with Gasteiger partial charge in [0.05, 0.1) is 5.75 Å². The van der Waals surface area contributed by atoms with E-state index >= 15 is 0 Å². The first-order chi connectivity index (χ1) is 12.5. The summed E-state index contributed by atoms with van der Waals surface area (Å²) in [5.74, 6) is -0.0746. The molecule has 0 unspecified atom stereocenters. The number of amides is 1. The SMILES string of the molecule is O=C(CSc1cccc[n+]1[O-])N1CCN(Cc2c(F)cccc2Cl)CC1. The quantitative estimate of drug-likeness (QED) is 0.443. The summed E-state index contributed by atoms with van der Waals surface area (Å²) in [6.07, 6.45) is 1.42. The van der Waals surface area contributed by atoms with Gasteiger partial charge in [0.15, 0.2) is 6.20 Å². The Morgan fingerprint density at radius 2 is 1.96 bits per heavy atom. The lowest BCUT2D eigenvalue weighted by Gasteiger charge is -2.34. The van der Waals surface area contributed by atoms with Crippen molar-refractivity contribution in [2.75, 3.05) is 31.9 Å². The monoisotopic (exact) mass is 395 g/mol. The van der Waals surface area contributed by atoms with E-state index in [2.05, 4.69) is 4.90 Å². The maximum Gasteiger partial charge on any atom is 0.251 e. The second kappa shape index (κ2) is 8.70. The van der Waals surface area contributed by atoms with E-state index in [0.29, 0.717) is 48.3 Å². The minimum atomic E-state index is -0.304. The van der Waals surface area contributed by atoms with E-state index in [-0.39, 0.29) is 17.5 Å². The lowest BCUT2D eigenvalue weighted by atomic mass is 10.2. The molecule has 26 heavy (non-hydrogen) atoms. The van der Waals surface area contributed by atoms with Crippen molar-refractivity contribution >= 4 is 29.3 Å². The normalized spacial score (nSPS) is 15.2. The molecule has 1 aromatic carbocycles. The van der Waals surface area contributed by atoms with Crippen LogP contribution in [0.3, 0.4) is 0 Å². The van der Waals surface area contributed by atoms with Gasteiger partial charge in [-0.05, 0) is 30.0 Å². The predicted octanol–water partition coefficient (Wildman–Crippen LogP) is 2.55. The van der Waals surface area contributed by atoms with Crippen molar-refractivity contribution in [1.29, 1.82) is 0 Å². The number of nitrogens with zero attached hydrogens (tertiary/aromatic N) is 3. The van der Waals surface area contributed by atoms with Gasteiger partial charge in [-0.3, -0.25) is 9.69 Å². The number of benzene rings is 1. The van der Waals surface area contributed by atoms with Crippen LogP contribution in [0, 0.1) is 11.0 Å². The average molecular weight is 396 g/mol. The summed E-state index contributed by atoms with van der Waals surface area (Å²) in [5.41, 5.74) is 0.494. The van der Waals surface area contributed by atoms with Gasteiger partial charge in [0.1, 0.15) is 5.82 Å². The van der Waals surface area contributed by atoms with Gasteiger partial charge in [-0.2, -0.15) is 4.73 Å². The average Bonchev–Trinajstić information content (AvgIpc) is 2.64. The lowest BCUT2D eigenvalue weighted by Crippen LogP contribution is -2.49. The van der Waals surface area contributed by atoms with Crippen molar-refractivity contribution in [2.24, 2.45) is 0 Å². The molecule has 1 fully saturated rings. The van der Waals surface area contributed by atoms with Crippen LogP contribution in [0.25, 0.3) is 0 Å². The molecule has 0 aliphatic carbocycles. The van der Waals surface area contributed by atoms with Crippen LogP contribution < -0.4 is 4.73 Å². The molecule has 0 radical (unpaired) electrons. The summed E-state index contributed by atoms with van der Waals surface area (Å²) in [7, 11) is 0. The number of rotatable bonds is 5. The Hall–Kier alpha value is -1.83. The van der Waals surface area contributed by atoms with Crippen LogP contribution in [-0.4, -0.2) is 47.6 Å². The first-order valence-corrected chi connectivity index (χ1v) is 9.65. The van der Waals surface area contributed by atoms with Crippen molar-refractivity contribution in [3.63, 3.8) is 0 Å². The number of carbonyl (C=O) groups excluding carboxylic acids is 1. The van der Waals surface area contributed by atoms with Crippen molar-refractivity contribution in [3.8, 4) is 0 Å². The molecule has 0 atom stereocenters. The fourth-order valence-electron chi connectivity index (χ4n) is 2.81. The summed E-state index contributed by atoms with van der Waals surface area (Å²) in [6.45, 7) is 2.92. The second-order valence-corrected chi connectivity index (χ2v) is 7.41. The minimum absolute atomic E-state index is 0.00225. The largest absolute Gasteiger partial charge is 0.618 e. The number of hydrogen-bond acceptors (Lipinski definition) is 4. The zero-order chi connectivity index (χ0) is 18.5. The highest BCUT2D eigenvalue weighted by molar-refractivity contribution is 7.99. The van der Waals surface area contributed by atoms with E-state index in [9.17, 15) is 14.4 Å². The van der Waals surface area contributed by atoms with Gasteiger partial charge in [-0.1, -0.05) is 17.7 Å². The molecule has 0 N–H and O–H groups in total. The highest BCUT2D eigenvalue weighted by Gasteiger charge is 2.23. The van der Waals surface area contributed by atoms with Crippen LogP contribution >= 0.6 is 23.4 Å². The van der Waals surface area contributed by atoms with Gasteiger partial charge in [0.2, 0.25) is 5.91 Å². The maximum atomic E-state index is 13.9. The third-order valence-corrected chi connectivity index (χ3v) is 5.66. The molecule has 3 rings (SSSR count). The van der Waals surface area contributed by atoms with Crippen molar-refractivity contribution in [3.05, 3.63) is 64.2 Å². The minimum Gasteiger partial charge on any atom is -0.618 e. The number of pyridine rings is 1. The lowest BCUT2D eigenvalue weighted by molar-refractivity contribution is -0.645. The third kappa shape index (κ3) is 4.66. The van der Waals surface area contributed by atoms with E-state index in [4.69, 9.17) is 11.6 Å². The van der Waals surface area contributed by atoms with Gasteiger partial charge < -0.3 is 10.1 Å². The molecular weight excluding hydrogens is 377 g/mol. The maximum absolute atomic E-state index is 13.9. The molecule has 0 saturated carbocycles. The summed E-state index contributed by atoms with van der Waals surface area (Å²) in [6, 6.07) is 9.80. The molecule has 1 aliphatic heterocycles. The molecule has 1 amide bonds. The van der Waals surface area contributed by atoms with E-state index < -0.39 is 0 Å². The first-order valence-electron chi connectivity index (χ1n) is 8.28. The number of halogens is 2. The summed E-state index contributed by atoms with van der Waals surface area (Å²) < 4.78 is 14.7. The van der Waals surface area contributed by atoms with Crippen LogP contribution in [0.5, 0.6) is 0 Å². The molecule has 1 saturated heterocycles. The van der Waals surface area contributed by atoms with Gasteiger partial charge >= 0.3 is 0 Å². The van der Waals surface area contributed by atoms with E-state index in [1.54, 1.807) is 35.2 Å². The van der Waals surface area contributed by atoms with Crippen LogP contribution in [0.1, 0.15) is 5.56 Å². The molecule has 8 heteroatoms. The van der Waals surface area contributed by atoms with Gasteiger partial charge in [0.25, 0.3) is 5.03 Å². The Kier molecular flexibility index (Phi) is 6.34. The number of aromatic nitrogens is 1. The second-order valence-electron chi connectivity index (χ2n) is 6.01. The van der Waals surface area contributed by atoms with Gasteiger partial charge in [0, 0.05) is 55.4 Å². The van der Waals surface area contributed by atoms with E-state index in [1.165, 1.54) is 24.0 Å². The smallest absolute Gasteiger partial charge is 0.251 e. The molecule has 2 aromatic rings. The van der Waals surface area contributed by atoms with Crippen LogP contribution in [0.2, 0.25) is 5.02 Å². The number of carbonyl (C=O) groups is 1. The molecular formula is C18H19ClFN3O2S. The Bertz CT molecular complexity index is 765. The molecule has 0 spiro atoms. The van der Waals surface area contributed by atoms with Crippen molar-refractivity contribution < 1.29 is 13.9 Å². The topological polar surface area (TPSA) is 50.5 Å². The Labute approximate surface area is 160 Å². The zero-order valence-electron chi connectivity index (χ0n) is 14.1. The number of piperazine rings is 1. The predicted molar refractivity (Wildman–Crippen MR) is 99.4 cm³/mol. The highest BCUT2D eigenvalue weighted by Crippen LogP contribution is 2.21. The van der Waals surface area contributed by atoms with Crippen LogP contribution in [0.4, 0.5) is 4.39 Å². The third-order valence-electron chi connectivity index (χ3n) is 4.30. The Morgan fingerprint density at radius 1 is 1.19 bits per heavy atom. The van der Waals surface area contributed by atoms with Crippen molar-refractivity contribution in [2.45, 2.75) is 11.6 Å². The molecule has 1 aliphatic rings. The molecule has 2 heterocycles. The molecule has 0 bridgehead atoms. The number of hydrogen-bond donors (Lipinski definition) is 0. The van der Waals surface area contributed by atoms with Gasteiger partial charge in [-0.15, -0.1) is 0 Å². The molecule has 5 nitrogen and oxygen atoms in total. The number of thioether (sulfide) groups is 1. The summed E-state index contributed by atoms with van der Waals surface area (Å²) in [4.78, 5) is 16.2. The standard InChI is InChI=1S/C18H19ClFN3O2S/c19-15-4-3-5-16(20)14(15)12-21-8-10-22(11-9-21)17(24)13-26-18-6-1-2-7-23(18)25/h1-7H,8-13H2.